The lowest BCUT2D eigenvalue weighted by Crippen LogP contribution is -2.48. The third-order valence-electron chi connectivity index (χ3n) is 7.78. The molecule has 1 aromatic carbocycles. The van der Waals surface area contributed by atoms with E-state index in [4.69, 9.17) is 4.74 Å². The van der Waals surface area contributed by atoms with Gasteiger partial charge in [-0.25, -0.2) is 4.79 Å². The molecule has 194 valence electrons. The number of benzene rings is 1. The second-order valence-corrected chi connectivity index (χ2v) is 11.6. The van der Waals surface area contributed by atoms with Gasteiger partial charge in [-0.3, -0.25) is 4.79 Å². The Bertz CT molecular complexity index is 884. The maximum Gasteiger partial charge on any atom is 0.410 e. The maximum atomic E-state index is 13.5. The molecule has 1 aromatic rings. The van der Waals surface area contributed by atoms with Gasteiger partial charge < -0.3 is 24.8 Å². The average Bonchev–Trinajstić information content (AvgIpc) is 3.59. The van der Waals surface area contributed by atoms with E-state index in [1.54, 1.807) is 4.90 Å². The highest BCUT2D eigenvalue weighted by molar-refractivity contribution is 6.00. The van der Waals surface area contributed by atoms with E-state index in [1.165, 1.54) is 44.5 Å². The van der Waals surface area contributed by atoms with Crippen LogP contribution in [0.3, 0.4) is 0 Å². The third-order valence-corrected chi connectivity index (χ3v) is 7.78. The van der Waals surface area contributed by atoms with Gasteiger partial charge in [-0.05, 0) is 109 Å². The summed E-state index contributed by atoms with van der Waals surface area (Å²) in [7, 11) is 0. The topological polar surface area (TPSA) is 65.1 Å². The lowest BCUT2D eigenvalue weighted by atomic mass is 9.77. The van der Waals surface area contributed by atoms with Crippen LogP contribution in [0.2, 0.25) is 0 Å². The van der Waals surface area contributed by atoms with Gasteiger partial charge >= 0.3 is 6.09 Å². The van der Waals surface area contributed by atoms with E-state index in [1.807, 2.05) is 25.7 Å². The highest BCUT2D eigenvalue weighted by Gasteiger charge is 2.49. The molecule has 1 spiro atoms. The average molecular weight is 485 g/mol. The fourth-order valence-corrected chi connectivity index (χ4v) is 5.70. The minimum absolute atomic E-state index is 0.225. The second kappa shape index (κ2) is 10.8. The molecule has 4 aliphatic rings. The molecule has 4 aliphatic heterocycles. The van der Waals surface area contributed by atoms with Crippen LogP contribution < -0.4 is 15.1 Å². The molecule has 0 radical (unpaired) electrons. The Kier molecular flexibility index (Phi) is 7.94. The highest BCUT2D eigenvalue weighted by Crippen LogP contribution is 2.44. The van der Waals surface area contributed by atoms with Gasteiger partial charge in [0.1, 0.15) is 5.60 Å². The van der Waals surface area contributed by atoms with E-state index in [2.05, 4.69) is 35.3 Å². The van der Waals surface area contributed by atoms with Crippen LogP contribution in [0.15, 0.2) is 18.2 Å². The monoisotopic (exact) mass is 484 g/mol. The SMILES string of the molecule is C1CCNC1.Cc1cc(N2CCCC2)ccc1N1CCC2(CCN(C(=O)OC(C)(C)C)CC2)C1=O. The van der Waals surface area contributed by atoms with Crippen LogP contribution in [0.5, 0.6) is 0 Å². The van der Waals surface area contributed by atoms with Crippen molar-refractivity contribution in [2.75, 3.05) is 55.6 Å². The van der Waals surface area contributed by atoms with Crippen molar-refractivity contribution in [3.63, 3.8) is 0 Å². The zero-order valence-corrected chi connectivity index (χ0v) is 22.2. The summed E-state index contributed by atoms with van der Waals surface area (Å²) in [5, 5.41) is 3.22. The molecule has 2 amide bonds. The zero-order valence-electron chi connectivity index (χ0n) is 22.2. The number of likely N-dealkylation sites (tertiary alicyclic amines) is 1. The highest BCUT2D eigenvalue weighted by atomic mass is 16.6. The van der Waals surface area contributed by atoms with Crippen molar-refractivity contribution >= 4 is 23.4 Å². The molecule has 0 aromatic heterocycles. The van der Waals surface area contributed by atoms with Crippen molar-refractivity contribution in [3.05, 3.63) is 23.8 Å². The van der Waals surface area contributed by atoms with Gasteiger partial charge in [0, 0.05) is 44.1 Å². The van der Waals surface area contributed by atoms with Crippen LogP contribution in [0.1, 0.15) is 71.3 Å². The zero-order chi connectivity index (χ0) is 25.1. The van der Waals surface area contributed by atoms with Crippen LogP contribution in [-0.4, -0.2) is 68.3 Å². The molecule has 0 saturated carbocycles. The lowest BCUT2D eigenvalue weighted by molar-refractivity contribution is -0.128. The standard InChI is InChI=1S/C24H35N3O3.C4H9N/c1-18-17-19(25-12-5-6-13-25)7-8-20(18)27-16-11-24(21(27)28)9-14-26(15-10-24)22(29)30-23(2,3)4;1-2-4-5-3-1/h7-8,17H,5-6,9-16H2,1-4H3;5H,1-4H2. The molecular formula is C28H44N4O3. The third kappa shape index (κ3) is 6.11. The van der Waals surface area contributed by atoms with E-state index in [9.17, 15) is 9.59 Å². The number of rotatable bonds is 2. The van der Waals surface area contributed by atoms with Gasteiger partial charge in [0.25, 0.3) is 0 Å². The van der Waals surface area contributed by atoms with Crippen molar-refractivity contribution in [1.29, 1.82) is 0 Å². The Morgan fingerprint density at radius 1 is 0.943 bits per heavy atom. The van der Waals surface area contributed by atoms with Crippen LogP contribution in [-0.2, 0) is 9.53 Å². The summed E-state index contributed by atoms with van der Waals surface area (Å²) in [6.07, 6.45) is 7.32. The number of carbonyl (C=O) groups is 2. The van der Waals surface area contributed by atoms with Crippen LogP contribution in [0, 0.1) is 12.3 Å². The van der Waals surface area contributed by atoms with Crippen molar-refractivity contribution in [2.24, 2.45) is 5.41 Å². The van der Waals surface area contributed by atoms with E-state index in [-0.39, 0.29) is 17.4 Å². The Morgan fingerprint density at radius 2 is 1.57 bits per heavy atom. The van der Waals surface area contributed by atoms with Crippen LogP contribution in [0.4, 0.5) is 16.2 Å². The first kappa shape index (κ1) is 25.8. The second-order valence-electron chi connectivity index (χ2n) is 11.6. The molecule has 4 saturated heterocycles. The maximum absolute atomic E-state index is 13.5. The fraction of sp³-hybridized carbons (Fsp3) is 0.714. The van der Waals surface area contributed by atoms with Gasteiger partial charge in [0.15, 0.2) is 0 Å². The number of aryl methyl sites for hydroxylation is 1. The van der Waals surface area contributed by atoms with E-state index in [0.29, 0.717) is 25.9 Å². The minimum atomic E-state index is -0.495. The molecule has 0 unspecified atom stereocenters. The number of nitrogens with one attached hydrogen (secondary N) is 1. The summed E-state index contributed by atoms with van der Waals surface area (Å²) in [6, 6.07) is 6.51. The molecule has 5 rings (SSSR count). The van der Waals surface area contributed by atoms with Gasteiger partial charge in [-0.2, -0.15) is 0 Å². The number of hydrogen-bond acceptors (Lipinski definition) is 5. The van der Waals surface area contributed by atoms with E-state index < -0.39 is 5.60 Å². The Labute approximate surface area is 211 Å². The van der Waals surface area contributed by atoms with Crippen molar-refractivity contribution in [1.82, 2.24) is 10.2 Å². The lowest BCUT2D eigenvalue weighted by Gasteiger charge is -2.38. The van der Waals surface area contributed by atoms with Gasteiger partial charge in [0.05, 0.1) is 5.41 Å². The first-order valence-electron chi connectivity index (χ1n) is 13.5. The first-order valence-corrected chi connectivity index (χ1v) is 13.5. The molecule has 1 N–H and O–H groups in total. The normalized spacial score (nSPS) is 21.9. The summed E-state index contributed by atoms with van der Waals surface area (Å²) in [5.41, 5.74) is 2.63. The Balaban J connectivity index is 0.000000514. The molecule has 0 bridgehead atoms. The summed E-state index contributed by atoms with van der Waals surface area (Å²) in [4.78, 5) is 32.0. The van der Waals surface area contributed by atoms with Gasteiger partial charge in [-0.1, -0.05) is 0 Å². The summed E-state index contributed by atoms with van der Waals surface area (Å²) < 4.78 is 5.50. The largest absolute Gasteiger partial charge is 0.444 e. The number of amides is 2. The molecule has 7 heteroatoms. The smallest absolute Gasteiger partial charge is 0.410 e. The van der Waals surface area contributed by atoms with E-state index in [0.717, 1.165) is 37.3 Å². The molecule has 0 aliphatic carbocycles. The number of ether oxygens (including phenoxy) is 1. The van der Waals surface area contributed by atoms with Crippen molar-refractivity contribution in [2.45, 2.75) is 78.2 Å². The predicted octanol–water partition coefficient (Wildman–Crippen LogP) is 4.72. The Hall–Kier alpha value is -2.28. The summed E-state index contributed by atoms with van der Waals surface area (Å²) >= 11 is 0. The van der Waals surface area contributed by atoms with Crippen LogP contribution in [0.25, 0.3) is 0 Å². The quantitative estimate of drug-likeness (QED) is 0.658. The Morgan fingerprint density at radius 3 is 2.11 bits per heavy atom. The van der Waals surface area contributed by atoms with Gasteiger partial charge in [-0.15, -0.1) is 0 Å². The summed E-state index contributed by atoms with van der Waals surface area (Å²) in [6.45, 7) is 14.4. The molecule has 4 fully saturated rings. The first-order chi connectivity index (χ1) is 16.7. The fourth-order valence-electron chi connectivity index (χ4n) is 5.70. The molecule has 7 nitrogen and oxygen atoms in total. The number of piperidine rings is 1. The minimum Gasteiger partial charge on any atom is -0.444 e. The van der Waals surface area contributed by atoms with Crippen molar-refractivity contribution < 1.29 is 14.3 Å². The molecule has 4 heterocycles. The number of hydrogen-bond donors (Lipinski definition) is 1. The predicted molar refractivity (Wildman–Crippen MR) is 141 cm³/mol. The molecular weight excluding hydrogens is 440 g/mol. The molecule has 35 heavy (non-hydrogen) atoms. The molecule has 0 atom stereocenters. The van der Waals surface area contributed by atoms with Crippen molar-refractivity contribution in [3.8, 4) is 0 Å². The number of carbonyl (C=O) groups excluding carboxylic acids is 2. The number of anilines is 2. The number of nitrogens with zero attached hydrogens (tertiary/aromatic N) is 3. The van der Waals surface area contributed by atoms with E-state index >= 15 is 0 Å². The van der Waals surface area contributed by atoms with Gasteiger partial charge in [0.2, 0.25) is 5.91 Å². The summed E-state index contributed by atoms with van der Waals surface area (Å²) in [5.74, 6) is 0.225. The van der Waals surface area contributed by atoms with Crippen LogP contribution >= 0.6 is 0 Å².